The molecular formula is C22H22N2O5. The Labute approximate surface area is 167 Å². The van der Waals surface area contributed by atoms with Crippen LogP contribution in [0.5, 0.6) is 5.75 Å². The zero-order valence-electron chi connectivity index (χ0n) is 16.6. The number of carboxylic acid groups (broad SMARTS) is 1. The number of amides is 1. The van der Waals surface area contributed by atoms with Crippen LogP contribution in [-0.4, -0.2) is 41.0 Å². The first-order valence-corrected chi connectivity index (χ1v) is 9.44. The van der Waals surface area contributed by atoms with E-state index in [4.69, 9.17) is 14.1 Å². The zero-order chi connectivity index (χ0) is 20.7. The van der Waals surface area contributed by atoms with Gasteiger partial charge in [-0.15, -0.1) is 0 Å². The fraction of sp³-hybridized carbons (Fsp3) is 0.318. The van der Waals surface area contributed by atoms with Gasteiger partial charge in [0.05, 0.1) is 24.7 Å². The van der Waals surface area contributed by atoms with Gasteiger partial charge < -0.3 is 19.2 Å². The molecule has 0 saturated heterocycles. The third-order valence-electron chi connectivity index (χ3n) is 5.20. The van der Waals surface area contributed by atoms with Crippen LogP contribution in [0.25, 0.3) is 10.9 Å². The van der Waals surface area contributed by atoms with Crippen molar-refractivity contribution in [2.75, 3.05) is 14.2 Å². The Bertz CT molecular complexity index is 1110. The number of aromatic carboxylic acids is 1. The summed E-state index contributed by atoms with van der Waals surface area (Å²) in [5, 5.41) is 9.93. The molecule has 0 aliphatic heterocycles. The molecule has 0 radical (unpaired) electrons. The molecule has 150 valence electrons. The molecule has 7 nitrogen and oxygen atoms in total. The smallest absolute Gasteiger partial charge is 0.339 e. The minimum absolute atomic E-state index is 0.107. The number of carbonyl (C=O) groups excluding carboxylic acids is 1. The summed E-state index contributed by atoms with van der Waals surface area (Å²) < 4.78 is 10.8. The molecule has 1 N–H and O–H groups in total. The van der Waals surface area contributed by atoms with Gasteiger partial charge in [-0.3, -0.25) is 9.78 Å². The number of aryl methyl sites for hydroxylation is 1. The molecule has 0 bridgehead atoms. The van der Waals surface area contributed by atoms with Crippen LogP contribution in [0.2, 0.25) is 0 Å². The number of hydrogen-bond donors (Lipinski definition) is 1. The molecule has 3 aromatic rings. The van der Waals surface area contributed by atoms with E-state index in [1.54, 1.807) is 21.1 Å². The summed E-state index contributed by atoms with van der Waals surface area (Å²) in [4.78, 5) is 30.8. The van der Waals surface area contributed by atoms with Gasteiger partial charge in [-0.1, -0.05) is 0 Å². The number of carbonyl (C=O) groups is 2. The molecule has 4 rings (SSSR count). The molecule has 1 aromatic carbocycles. The van der Waals surface area contributed by atoms with E-state index in [1.165, 1.54) is 11.0 Å². The summed E-state index contributed by atoms with van der Waals surface area (Å²) in [6.07, 6.45) is 2.17. The summed E-state index contributed by atoms with van der Waals surface area (Å²) in [7, 11) is 3.25. The summed E-state index contributed by atoms with van der Waals surface area (Å²) in [5.74, 6) is 0.580. The monoisotopic (exact) mass is 394 g/mol. The van der Waals surface area contributed by atoms with Gasteiger partial charge >= 0.3 is 5.97 Å². The van der Waals surface area contributed by atoms with E-state index in [1.807, 2.05) is 24.3 Å². The average molecular weight is 394 g/mol. The highest BCUT2D eigenvalue weighted by molar-refractivity contribution is 6.06. The van der Waals surface area contributed by atoms with Crippen LogP contribution in [0.15, 0.2) is 34.7 Å². The number of rotatable bonds is 6. The Kier molecular flexibility index (Phi) is 4.74. The first-order chi connectivity index (χ1) is 13.9. The second-order valence-electron chi connectivity index (χ2n) is 7.40. The van der Waals surface area contributed by atoms with Crippen molar-refractivity contribution < 1.29 is 23.8 Å². The van der Waals surface area contributed by atoms with Crippen molar-refractivity contribution in [1.82, 2.24) is 9.88 Å². The van der Waals surface area contributed by atoms with Crippen LogP contribution < -0.4 is 4.74 Å². The molecule has 1 aliphatic carbocycles. The maximum atomic E-state index is 13.3. The molecule has 2 aromatic heterocycles. The van der Waals surface area contributed by atoms with E-state index in [2.05, 4.69) is 0 Å². The summed E-state index contributed by atoms with van der Waals surface area (Å²) in [5.41, 5.74) is 2.35. The Balaban J connectivity index is 1.69. The highest BCUT2D eigenvalue weighted by atomic mass is 16.5. The third-order valence-corrected chi connectivity index (χ3v) is 5.20. The topological polar surface area (TPSA) is 92.9 Å². The normalized spacial score (nSPS) is 13.5. The average Bonchev–Trinajstić information content (AvgIpc) is 3.49. The third kappa shape index (κ3) is 3.68. The lowest BCUT2D eigenvalue weighted by molar-refractivity contribution is 0.0694. The van der Waals surface area contributed by atoms with E-state index in [0.717, 1.165) is 29.4 Å². The van der Waals surface area contributed by atoms with Crippen LogP contribution >= 0.6 is 0 Å². The van der Waals surface area contributed by atoms with Crippen molar-refractivity contribution in [2.24, 2.45) is 0 Å². The fourth-order valence-corrected chi connectivity index (χ4v) is 3.46. The highest BCUT2D eigenvalue weighted by Crippen LogP contribution is 2.40. The minimum atomic E-state index is -1.05. The van der Waals surface area contributed by atoms with Crippen LogP contribution in [0, 0.1) is 6.92 Å². The van der Waals surface area contributed by atoms with E-state index in [0.29, 0.717) is 28.8 Å². The van der Waals surface area contributed by atoms with Gasteiger partial charge in [-0.2, -0.15) is 0 Å². The van der Waals surface area contributed by atoms with Crippen molar-refractivity contribution in [2.45, 2.75) is 32.2 Å². The number of carboxylic acids is 1. The van der Waals surface area contributed by atoms with Gasteiger partial charge in [0.1, 0.15) is 22.8 Å². The zero-order valence-corrected chi connectivity index (χ0v) is 16.6. The van der Waals surface area contributed by atoms with Crippen molar-refractivity contribution in [3.63, 3.8) is 0 Å². The number of fused-ring (bicyclic) bond motifs is 1. The maximum absolute atomic E-state index is 13.3. The number of benzene rings is 1. The lowest BCUT2D eigenvalue weighted by atomic mass is 10.0. The van der Waals surface area contributed by atoms with Gasteiger partial charge in [-0.25, -0.2) is 4.79 Å². The Hall–Kier alpha value is -3.35. The number of hydrogen-bond acceptors (Lipinski definition) is 5. The van der Waals surface area contributed by atoms with E-state index < -0.39 is 5.97 Å². The molecule has 0 unspecified atom stereocenters. The number of nitrogens with zero attached hydrogens (tertiary/aromatic N) is 2. The van der Waals surface area contributed by atoms with Crippen molar-refractivity contribution in [1.29, 1.82) is 0 Å². The number of pyridine rings is 1. The second kappa shape index (κ2) is 7.24. The van der Waals surface area contributed by atoms with Crippen LogP contribution in [0.1, 0.15) is 56.7 Å². The number of furan rings is 1. The standard InChI is InChI=1S/C22H22N2O5/c1-12-16(22(26)27)9-15(29-12)11-24(2)21(25)18-10-20(13-4-5-13)23-19-7-6-14(28-3)8-17(18)19/h6-10,13H,4-5,11H2,1-3H3,(H,26,27). The van der Waals surface area contributed by atoms with Gasteiger partial charge in [0, 0.05) is 24.0 Å². The second-order valence-corrected chi connectivity index (χ2v) is 7.40. The number of methoxy groups -OCH3 is 1. The van der Waals surface area contributed by atoms with Crippen LogP contribution in [0.4, 0.5) is 0 Å². The van der Waals surface area contributed by atoms with Gasteiger partial charge in [0.2, 0.25) is 0 Å². The Morgan fingerprint density at radius 2 is 2.00 bits per heavy atom. The van der Waals surface area contributed by atoms with E-state index in [9.17, 15) is 14.7 Å². The van der Waals surface area contributed by atoms with Crippen molar-refractivity contribution in [3.05, 3.63) is 58.7 Å². The van der Waals surface area contributed by atoms with Gasteiger partial charge in [-0.05, 0) is 50.1 Å². The lowest BCUT2D eigenvalue weighted by Gasteiger charge is -2.18. The number of aromatic nitrogens is 1. The van der Waals surface area contributed by atoms with Crippen molar-refractivity contribution in [3.8, 4) is 5.75 Å². The molecule has 1 aliphatic rings. The van der Waals surface area contributed by atoms with Crippen LogP contribution in [-0.2, 0) is 6.54 Å². The quantitative estimate of drug-likeness (QED) is 0.679. The Morgan fingerprint density at radius 1 is 1.24 bits per heavy atom. The molecule has 7 heteroatoms. The molecule has 1 amide bonds. The van der Waals surface area contributed by atoms with Crippen LogP contribution in [0.3, 0.4) is 0 Å². The molecular weight excluding hydrogens is 372 g/mol. The van der Waals surface area contributed by atoms with Gasteiger partial charge in [0.15, 0.2) is 0 Å². The molecule has 0 spiro atoms. The SMILES string of the molecule is COc1ccc2nc(C3CC3)cc(C(=O)N(C)Cc3cc(C(=O)O)c(C)o3)c2c1. The summed E-state index contributed by atoms with van der Waals surface area (Å²) in [6.45, 7) is 1.76. The molecule has 29 heavy (non-hydrogen) atoms. The van der Waals surface area contributed by atoms with Crippen molar-refractivity contribution >= 4 is 22.8 Å². The van der Waals surface area contributed by atoms with E-state index in [-0.39, 0.29) is 18.0 Å². The Morgan fingerprint density at radius 3 is 2.62 bits per heavy atom. The summed E-state index contributed by atoms with van der Waals surface area (Å²) >= 11 is 0. The first-order valence-electron chi connectivity index (χ1n) is 9.44. The molecule has 1 fully saturated rings. The predicted octanol–water partition coefficient (Wildman–Crippen LogP) is 3.99. The lowest BCUT2D eigenvalue weighted by Crippen LogP contribution is -2.26. The predicted molar refractivity (Wildman–Crippen MR) is 106 cm³/mol. The fourth-order valence-electron chi connectivity index (χ4n) is 3.46. The molecule has 2 heterocycles. The first kappa shape index (κ1) is 19.0. The largest absolute Gasteiger partial charge is 0.497 e. The summed E-state index contributed by atoms with van der Waals surface area (Å²) in [6, 6.07) is 8.85. The highest BCUT2D eigenvalue weighted by Gasteiger charge is 2.28. The van der Waals surface area contributed by atoms with E-state index >= 15 is 0 Å². The van der Waals surface area contributed by atoms with Gasteiger partial charge in [0.25, 0.3) is 5.91 Å². The molecule has 0 atom stereocenters. The number of ether oxygens (including phenoxy) is 1. The molecule has 1 saturated carbocycles. The maximum Gasteiger partial charge on any atom is 0.339 e. The minimum Gasteiger partial charge on any atom is -0.497 e.